The number of halogens is 1. The lowest BCUT2D eigenvalue weighted by Gasteiger charge is -2.06. The van der Waals surface area contributed by atoms with Gasteiger partial charge in [0.05, 0.1) is 17.7 Å². The lowest BCUT2D eigenvalue weighted by atomic mass is 10.1. The van der Waals surface area contributed by atoms with E-state index >= 15 is 0 Å². The Morgan fingerprint density at radius 1 is 1.38 bits per heavy atom. The molecule has 0 aliphatic heterocycles. The Morgan fingerprint density at radius 2 is 2.10 bits per heavy atom. The normalized spacial score (nSPS) is 10.4. The van der Waals surface area contributed by atoms with E-state index in [1.807, 2.05) is 6.92 Å². The lowest BCUT2D eigenvalue weighted by Crippen LogP contribution is -2.15. The number of nitrogens with zero attached hydrogens (tertiary/aromatic N) is 1. The molecule has 1 amide bonds. The van der Waals surface area contributed by atoms with Gasteiger partial charge in [0.2, 0.25) is 5.91 Å². The number of hydrogen-bond acceptors (Lipinski definition) is 3. The Morgan fingerprint density at radius 3 is 2.62 bits per heavy atom. The quantitative estimate of drug-likeness (QED) is 0.803. The van der Waals surface area contributed by atoms with Crippen molar-refractivity contribution < 1.29 is 19.1 Å². The van der Waals surface area contributed by atoms with E-state index in [1.165, 1.54) is 6.07 Å². The molecule has 0 fully saturated rings. The summed E-state index contributed by atoms with van der Waals surface area (Å²) in [5.41, 5.74) is 2.09. The summed E-state index contributed by atoms with van der Waals surface area (Å²) in [6.45, 7) is 3.59. The molecular weight excluding hydrogens is 277 g/mol. The number of aromatic nitrogens is 2. The van der Waals surface area contributed by atoms with Crippen LogP contribution in [0.5, 0.6) is 0 Å². The third-order valence-electron chi connectivity index (χ3n) is 3.10. The molecule has 1 aromatic carbocycles. The fourth-order valence-electron chi connectivity index (χ4n) is 1.97. The zero-order chi connectivity index (χ0) is 15.6. The van der Waals surface area contributed by atoms with Gasteiger partial charge in [0.1, 0.15) is 5.82 Å². The number of anilines is 1. The minimum atomic E-state index is -1.35. The molecule has 0 radical (unpaired) electrons. The molecule has 0 aliphatic carbocycles. The third kappa shape index (κ3) is 3.25. The van der Waals surface area contributed by atoms with E-state index < -0.39 is 17.3 Å². The van der Waals surface area contributed by atoms with Crippen LogP contribution in [0.15, 0.2) is 18.2 Å². The molecule has 6 nitrogen and oxygen atoms in total. The van der Waals surface area contributed by atoms with E-state index in [9.17, 15) is 14.0 Å². The van der Waals surface area contributed by atoms with Gasteiger partial charge in [-0.25, -0.2) is 9.18 Å². The standard InChI is InChI=1S/C14H14FN3O3/c1-7-11(8(2)18-17-7)6-13(19)16-9-3-4-10(14(20)21)12(15)5-9/h3-5H,6H2,1-2H3,(H,16,19)(H,17,18)(H,20,21). The van der Waals surface area contributed by atoms with Crippen molar-refractivity contribution in [3.8, 4) is 0 Å². The molecule has 110 valence electrons. The van der Waals surface area contributed by atoms with Crippen molar-refractivity contribution in [3.63, 3.8) is 0 Å². The van der Waals surface area contributed by atoms with Gasteiger partial charge >= 0.3 is 5.97 Å². The molecule has 7 heteroatoms. The maximum atomic E-state index is 13.5. The maximum absolute atomic E-state index is 13.5. The van der Waals surface area contributed by atoms with Crippen molar-refractivity contribution in [1.29, 1.82) is 0 Å². The topological polar surface area (TPSA) is 95.1 Å². The van der Waals surface area contributed by atoms with Gasteiger partial charge in [0, 0.05) is 16.9 Å². The predicted molar refractivity (Wildman–Crippen MR) is 73.8 cm³/mol. The van der Waals surface area contributed by atoms with Crippen LogP contribution in [0.4, 0.5) is 10.1 Å². The van der Waals surface area contributed by atoms with Gasteiger partial charge in [0.25, 0.3) is 0 Å². The third-order valence-corrected chi connectivity index (χ3v) is 3.10. The zero-order valence-electron chi connectivity index (χ0n) is 11.5. The number of carbonyl (C=O) groups excluding carboxylic acids is 1. The van der Waals surface area contributed by atoms with E-state index in [1.54, 1.807) is 6.92 Å². The molecule has 0 aliphatic rings. The minimum absolute atomic E-state index is 0.108. The second-order valence-electron chi connectivity index (χ2n) is 4.64. The van der Waals surface area contributed by atoms with Gasteiger partial charge in [-0.2, -0.15) is 5.10 Å². The minimum Gasteiger partial charge on any atom is -0.478 e. The molecule has 3 N–H and O–H groups in total. The first kappa shape index (κ1) is 14.7. The van der Waals surface area contributed by atoms with Gasteiger partial charge in [-0.05, 0) is 32.0 Å². The Bertz CT molecular complexity index is 690. The average Bonchev–Trinajstić information content (AvgIpc) is 2.70. The molecule has 0 saturated heterocycles. The van der Waals surface area contributed by atoms with Crippen LogP contribution >= 0.6 is 0 Å². The number of aryl methyl sites for hydroxylation is 2. The number of carbonyl (C=O) groups is 2. The van der Waals surface area contributed by atoms with Crippen molar-refractivity contribution in [1.82, 2.24) is 10.2 Å². The van der Waals surface area contributed by atoms with Crippen LogP contribution in [-0.4, -0.2) is 27.2 Å². The molecule has 2 aromatic rings. The first-order valence-corrected chi connectivity index (χ1v) is 6.21. The first-order chi connectivity index (χ1) is 9.88. The van der Waals surface area contributed by atoms with E-state index in [0.29, 0.717) is 0 Å². The summed E-state index contributed by atoms with van der Waals surface area (Å²) >= 11 is 0. The van der Waals surface area contributed by atoms with Crippen LogP contribution in [0.2, 0.25) is 0 Å². The van der Waals surface area contributed by atoms with Crippen molar-refractivity contribution in [2.45, 2.75) is 20.3 Å². The second-order valence-corrected chi connectivity index (χ2v) is 4.64. The van der Waals surface area contributed by atoms with Gasteiger partial charge in [-0.1, -0.05) is 0 Å². The number of aromatic amines is 1. The Balaban J connectivity index is 2.10. The molecule has 0 bridgehead atoms. The van der Waals surface area contributed by atoms with Gasteiger partial charge in [0.15, 0.2) is 0 Å². The number of amides is 1. The van der Waals surface area contributed by atoms with E-state index in [-0.39, 0.29) is 18.0 Å². The Labute approximate surface area is 120 Å². The SMILES string of the molecule is Cc1n[nH]c(C)c1CC(=O)Nc1ccc(C(=O)O)c(F)c1. The highest BCUT2D eigenvalue weighted by Crippen LogP contribution is 2.16. The van der Waals surface area contributed by atoms with Crippen LogP contribution in [0.25, 0.3) is 0 Å². The van der Waals surface area contributed by atoms with Crippen molar-refractivity contribution >= 4 is 17.6 Å². The lowest BCUT2D eigenvalue weighted by molar-refractivity contribution is -0.115. The van der Waals surface area contributed by atoms with Crippen LogP contribution in [0.1, 0.15) is 27.3 Å². The molecule has 0 spiro atoms. The molecule has 0 unspecified atom stereocenters. The Kier molecular flexibility index (Phi) is 4.02. The highest BCUT2D eigenvalue weighted by molar-refractivity contribution is 5.93. The molecule has 1 aromatic heterocycles. The summed E-state index contributed by atoms with van der Waals surface area (Å²) in [5, 5.41) is 18.0. The molecule has 0 saturated carbocycles. The van der Waals surface area contributed by atoms with Crippen molar-refractivity contribution in [2.24, 2.45) is 0 Å². The fraction of sp³-hybridized carbons (Fsp3) is 0.214. The van der Waals surface area contributed by atoms with Crippen molar-refractivity contribution in [3.05, 3.63) is 46.5 Å². The summed E-state index contributed by atoms with van der Waals surface area (Å²) in [6, 6.07) is 3.44. The number of carboxylic acids is 1. The van der Waals surface area contributed by atoms with Crippen LogP contribution in [0.3, 0.4) is 0 Å². The van der Waals surface area contributed by atoms with E-state index in [0.717, 1.165) is 29.1 Å². The average molecular weight is 291 g/mol. The van der Waals surface area contributed by atoms with E-state index in [2.05, 4.69) is 15.5 Å². The number of benzene rings is 1. The van der Waals surface area contributed by atoms with Crippen LogP contribution in [0, 0.1) is 19.7 Å². The van der Waals surface area contributed by atoms with Crippen LogP contribution in [-0.2, 0) is 11.2 Å². The number of hydrogen-bond donors (Lipinski definition) is 3. The van der Waals surface area contributed by atoms with Crippen molar-refractivity contribution in [2.75, 3.05) is 5.32 Å². The molecule has 0 atom stereocenters. The highest BCUT2D eigenvalue weighted by Gasteiger charge is 2.14. The summed E-state index contributed by atoms with van der Waals surface area (Å²) in [4.78, 5) is 22.6. The summed E-state index contributed by atoms with van der Waals surface area (Å²) in [7, 11) is 0. The number of aromatic carboxylic acids is 1. The molecule has 2 rings (SSSR count). The molecular formula is C14H14FN3O3. The smallest absolute Gasteiger partial charge is 0.338 e. The Hall–Kier alpha value is -2.70. The number of nitrogens with one attached hydrogen (secondary N) is 2. The summed E-state index contributed by atoms with van der Waals surface area (Å²) in [6.07, 6.45) is 0.108. The molecule has 21 heavy (non-hydrogen) atoms. The van der Waals surface area contributed by atoms with Crippen LogP contribution < -0.4 is 5.32 Å². The number of rotatable bonds is 4. The number of carboxylic acid groups (broad SMARTS) is 1. The maximum Gasteiger partial charge on any atom is 0.338 e. The van der Waals surface area contributed by atoms with Gasteiger partial charge in [-0.15, -0.1) is 0 Å². The van der Waals surface area contributed by atoms with Gasteiger partial charge in [-0.3, -0.25) is 9.89 Å². The zero-order valence-corrected chi connectivity index (χ0v) is 11.5. The predicted octanol–water partition coefficient (Wildman–Crippen LogP) is 2.05. The highest BCUT2D eigenvalue weighted by atomic mass is 19.1. The fourth-order valence-corrected chi connectivity index (χ4v) is 1.97. The summed E-state index contributed by atoms with van der Waals surface area (Å²) < 4.78 is 13.5. The number of H-pyrrole nitrogens is 1. The first-order valence-electron chi connectivity index (χ1n) is 6.21. The molecule has 1 heterocycles. The van der Waals surface area contributed by atoms with E-state index in [4.69, 9.17) is 5.11 Å². The monoisotopic (exact) mass is 291 g/mol. The summed E-state index contributed by atoms with van der Waals surface area (Å²) in [5.74, 6) is -2.57. The van der Waals surface area contributed by atoms with Gasteiger partial charge < -0.3 is 10.4 Å². The second kappa shape index (κ2) is 5.74. The largest absolute Gasteiger partial charge is 0.478 e.